The van der Waals surface area contributed by atoms with E-state index in [4.69, 9.17) is 11.6 Å². The predicted octanol–water partition coefficient (Wildman–Crippen LogP) is 2.51. The van der Waals surface area contributed by atoms with E-state index in [9.17, 15) is 0 Å². The lowest BCUT2D eigenvalue weighted by atomic mass is 10.4. The van der Waals surface area contributed by atoms with Crippen molar-refractivity contribution in [2.75, 3.05) is 28.7 Å². The van der Waals surface area contributed by atoms with Gasteiger partial charge in [-0.1, -0.05) is 6.92 Å². The van der Waals surface area contributed by atoms with Gasteiger partial charge in [-0.3, -0.25) is 0 Å². The summed E-state index contributed by atoms with van der Waals surface area (Å²) >= 11 is 7.70. The van der Waals surface area contributed by atoms with Crippen LogP contribution in [0.25, 0.3) is 0 Å². The highest BCUT2D eigenvalue weighted by Gasteiger charge is 2.07. The predicted molar refractivity (Wildman–Crippen MR) is 75.1 cm³/mol. The van der Waals surface area contributed by atoms with Crippen molar-refractivity contribution in [1.82, 2.24) is 15.0 Å². The van der Waals surface area contributed by atoms with Gasteiger partial charge in [0.25, 0.3) is 0 Å². The average Bonchev–Trinajstić information content (AvgIpc) is 2.26. The van der Waals surface area contributed by atoms with Crippen molar-refractivity contribution < 1.29 is 0 Å². The molecule has 0 spiro atoms. The fraction of sp³-hybridized carbons (Fsp3) is 0.700. The van der Waals surface area contributed by atoms with Gasteiger partial charge in [0.15, 0.2) is 0 Å². The van der Waals surface area contributed by atoms with Crippen LogP contribution in [0.3, 0.4) is 0 Å². The van der Waals surface area contributed by atoms with Crippen molar-refractivity contribution in [3.05, 3.63) is 5.28 Å². The molecule has 0 aromatic carbocycles. The van der Waals surface area contributed by atoms with Crippen molar-refractivity contribution in [3.63, 3.8) is 0 Å². The summed E-state index contributed by atoms with van der Waals surface area (Å²) in [6.45, 7) is 6.96. The Hall–Kier alpha value is -0.750. The molecule has 7 heteroatoms. The summed E-state index contributed by atoms with van der Waals surface area (Å²) in [5.41, 5.74) is 0. The molecule has 96 valence electrons. The lowest BCUT2D eigenvalue weighted by Crippen LogP contribution is -2.20. The highest BCUT2D eigenvalue weighted by molar-refractivity contribution is 7.99. The molecule has 5 nitrogen and oxygen atoms in total. The minimum atomic E-state index is 0.203. The van der Waals surface area contributed by atoms with E-state index in [1.54, 1.807) is 0 Å². The first kappa shape index (κ1) is 14.3. The summed E-state index contributed by atoms with van der Waals surface area (Å²) in [7, 11) is 0. The number of aromatic nitrogens is 3. The van der Waals surface area contributed by atoms with E-state index in [1.165, 1.54) is 0 Å². The van der Waals surface area contributed by atoms with Crippen molar-refractivity contribution in [2.24, 2.45) is 0 Å². The van der Waals surface area contributed by atoms with Crippen LogP contribution in [-0.4, -0.2) is 39.0 Å². The second kappa shape index (κ2) is 7.55. The number of halogens is 1. The molecule has 17 heavy (non-hydrogen) atoms. The second-order valence-electron chi connectivity index (χ2n) is 3.49. The molecular formula is C10H18ClN5S. The zero-order chi connectivity index (χ0) is 12.7. The number of nitrogens with zero attached hydrogens (tertiary/aromatic N) is 3. The van der Waals surface area contributed by atoms with E-state index in [1.807, 2.05) is 18.7 Å². The Morgan fingerprint density at radius 3 is 2.59 bits per heavy atom. The van der Waals surface area contributed by atoms with Crippen LogP contribution in [-0.2, 0) is 0 Å². The molecule has 2 N–H and O–H groups in total. The molecule has 1 atom stereocenters. The summed E-state index contributed by atoms with van der Waals surface area (Å²) in [5, 5.41) is 6.42. The van der Waals surface area contributed by atoms with Crippen LogP contribution in [0, 0.1) is 0 Å². The summed E-state index contributed by atoms with van der Waals surface area (Å²) in [5.74, 6) is 3.14. The molecule has 0 saturated heterocycles. The van der Waals surface area contributed by atoms with E-state index in [0.717, 1.165) is 18.1 Å². The zero-order valence-electron chi connectivity index (χ0n) is 10.3. The van der Waals surface area contributed by atoms with Crippen molar-refractivity contribution in [1.29, 1.82) is 0 Å². The van der Waals surface area contributed by atoms with Crippen molar-refractivity contribution in [2.45, 2.75) is 26.8 Å². The maximum atomic E-state index is 5.83. The number of anilines is 2. The summed E-state index contributed by atoms with van der Waals surface area (Å²) in [6.07, 6.45) is 0. The van der Waals surface area contributed by atoms with Gasteiger partial charge in [0.2, 0.25) is 17.2 Å². The number of thioether (sulfide) groups is 1. The molecular weight excluding hydrogens is 258 g/mol. The third-order valence-corrected chi connectivity index (χ3v) is 3.20. The van der Waals surface area contributed by atoms with Crippen LogP contribution in [0.2, 0.25) is 5.28 Å². The first-order valence-corrected chi connectivity index (χ1v) is 7.18. The molecule has 1 rings (SSSR count). The Kier molecular flexibility index (Phi) is 6.36. The third-order valence-electron chi connectivity index (χ3n) is 1.89. The zero-order valence-corrected chi connectivity index (χ0v) is 11.9. The van der Waals surface area contributed by atoms with Gasteiger partial charge < -0.3 is 10.6 Å². The Morgan fingerprint density at radius 1 is 1.24 bits per heavy atom. The van der Waals surface area contributed by atoms with Crippen LogP contribution in [0.1, 0.15) is 20.8 Å². The maximum Gasteiger partial charge on any atom is 0.229 e. The number of rotatable bonds is 7. The van der Waals surface area contributed by atoms with E-state index in [-0.39, 0.29) is 5.28 Å². The molecule has 1 aromatic rings. The van der Waals surface area contributed by atoms with Gasteiger partial charge in [-0.15, -0.1) is 0 Å². The van der Waals surface area contributed by atoms with Crippen LogP contribution in [0.5, 0.6) is 0 Å². The van der Waals surface area contributed by atoms with E-state index in [2.05, 4.69) is 39.4 Å². The van der Waals surface area contributed by atoms with E-state index >= 15 is 0 Å². The number of nitrogens with one attached hydrogen (secondary N) is 2. The Balaban J connectivity index is 2.63. The lowest BCUT2D eigenvalue weighted by Gasteiger charge is -2.13. The van der Waals surface area contributed by atoms with Gasteiger partial charge in [0.1, 0.15) is 0 Å². The topological polar surface area (TPSA) is 62.7 Å². The SMILES string of the molecule is CCNc1nc(Cl)nc(NC(C)CSCC)n1. The molecule has 0 radical (unpaired) electrons. The largest absolute Gasteiger partial charge is 0.354 e. The Morgan fingerprint density at radius 2 is 1.94 bits per heavy atom. The van der Waals surface area contributed by atoms with Crippen molar-refractivity contribution >= 4 is 35.3 Å². The Bertz CT molecular complexity index is 349. The van der Waals surface area contributed by atoms with Crippen LogP contribution < -0.4 is 10.6 Å². The number of hydrogen-bond donors (Lipinski definition) is 2. The van der Waals surface area contributed by atoms with Crippen molar-refractivity contribution in [3.8, 4) is 0 Å². The highest BCUT2D eigenvalue weighted by Crippen LogP contribution is 2.11. The summed E-state index contributed by atoms with van der Waals surface area (Å²) in [6, 6.07) is 0.299. The first-order chi connectivity index (χ1) is 8.15. The molecule has 0 aliphatic carbocycles. The molecule has 0 bridgehead atoms. The van der Waals surface area contributed by atoms with Crippen LogP contribution in [0.15, 0.2) is 0 Å². The minimum absolute atomic E-state index is 0.203. The minimum Gasteiger partial charge on any atom is -0.354 e. The molecule has 1 unspecified atom stereocenters. The fourth-order valence-electron chi connectivity index (χ4n) is 1.21. The second-order valence-corrected chi connectivity index (χ2v) is 5.14. The highest BCUT2D eigenvalue weighted by atomic mass is 35.5. The van der Waals surface area contributed by atoms with Gasteiger partial charge in [-0.05, 0) is 31.2 Å². The quantitative estimate of drug-likeness (QED) is 0.797. The molecule has 0 aliphatic heterocycles. The van der Waals surface area contributed by atoms with Gasteiger partial charge in [-0.2, -0.15) is 26.7 Å². The van der Waals surface area contributed by atoms with E-state index < -0.39 is 0 Å². The molecule has 1 aromatic heterocycles. The maximum absolute atomic E-state index is 5.83. The smallest absolute Gasteiger partial charge is 0.229 e. The van der Waals surface area contributed by atoms with Gasteiger partial charge >= 0.3 is 0 Å². The summed E-state index contributed by atoms with van der Waals surface area (Å²) < 4.78 is 0. The fourth-order valence-corrected chi connectivity index (χ4v) is 2.04. The van der Waals surface area contributed by atoms with Gasteiger partial charge in [0, 0.05) is 18.3 Å². The molecule has 0 aliphatic rings. The van der Waals surface area contributed by atoms with Crippen LogP contribution >= 0.6 is 23.4 Å². The first-order valence-electron chi connectivity index (χ1n) is 5.65. The Labute approximate surface area is 111 Å². The molecule has 0 amide bonds. The molecule has 0 saturated carbocycles. The van der Waals surface area contributed by atoms with Gasteiger partial charge in [-0.25, -0.2) is 0 Å². The monoisotopic (exact) mass is 275 g/mol. The lowest BCUT2D eigenvalue weighted by molar-refractivity contribution is 0.876. The molecule has 1 heterocycles. The normalized spacial score (nSPS) is 12.2. The van der Waals surface area contributed by atoms with Crippen LogP contribution in [0.4, 0.5) is 11.9 Å². The number of hydrogen-bond acceptors (Lipinski definition) is 6. The van der Waals surface area contributed by atoms with E-state index in [0.29, 0.717) is 17.9 Å². The summed E-state index contributed by atoms with van der Waals surface area (Å²) in [4.78, 5) is 12.3. The molecule has 0 fully saturated rings. The van der Waals surface area contributed by atoms with Gasteiger partial charge in [0.05, 0.1) is 0 Å². The average molecular weight is 276 g/mol. The third kappa shape index (κ3) is 5.41. The standard InChI is InChI=1S/C10H18ClN5S/c1-4-12-9-14-8(11)15-10(16-9)13-7(3)6-17-5-2/h7H,4-6H2,1-3H3,(H2,12,13,14,15,16).